The molecular weight excluding hydrogens is 320 g/mol. The molecule has 2 rings (SSSR count). The molecule has 2 aromatic rings. The van der Waals surface area contributed by atoms with Crippen molar-refractivity contribution in [2.45, 2.75) is 13.5 Å². The number of primary amides is 1. The lowest BCUT2D eigenvalue weighted by molar-refractivity contribution is 0.1000. The molecule has 4 nitrogen and oxygen atoms in total. The van der Waals surface area contributed by atoms with Crippen LogP contribution in [-0.2, 0) is 6.61 Å². The van der Waals surface area contributed by atoms with Gasteiger partial charge in [-0.2, -0.15) is 0 Å². The molecule has 0 fully saturated rings. The SMILES string of the molecule is Cc1cc(C(N)=O)ccc1COc1cc(N)cc(Br)c1. The van der Waals surface area contributed by atoms with Gasteiger partial charge >= 0.3 is 0 Å². The Labute approximate surface area is 125 Å². The summed E-state index contributed by atoms with van der Waals surface area (Å²) in [6.45, 7) is 2.32. The molecule has 0 aromatic heterocycles. The third-order valence-electron chi connectivity index (χ3n) is 2.92. The summed E-state index contributed by atoms with van der Waals surface area (Å²) in [5, 5.41) is 0. The second-order valence-corrected chi connectivity index (χ2v) is 5.43. The van der Waals surface area contributed by atoms with Crippen LogP contribution in [0.3, 0.4) is 0 Å². The molecule has 4 N–H and O–H groups in total. The number of aryl methyl sites for hydroxylation is 1. The number of carbonyl (C=O) groups excluding carboxylic acids is 1. The van der Waals surface area contributed by atoms with Gasteiger partial charge in [-0.3, -0.25) is 4.79 Å². The monoisotopic (exact) mass is 334 g/mol. The zero-order valence-electron chi connectivity index (χ0n) is 11.0. The Bertz CT molecular complexity index is 636. The lowest BCUT2D eigenvalue weighted by Gasteiger charge is -2.10. The van der Waals surface area contributed by atoms with Gasteiger partial charge in [0, 0.05) is 21.8 Å². The Balaban J connectivity index is 2.12. The van der Waals surface area contributed by atoms with Crippen LogP contribution in [0.5, 0.6) is 5.75 Å². The number of nitrogens with two attached hydrogens (primary N) is 2. The standard InChI is InChI=1S/C15H15BrN2O2/c1-9-4-10(15(18)19)2-3-11(9)8-20-14-6-12(16)5-13(17)7-14/h2-7H,8,17H2,1H3,(H2,18,19). The maximum atomic E-state index is 11.1. The molecule has 0 saturated carbocycles. The molecule has 5 heteroatoms. The molecule has 0 aliphatic carbocycles. The summed E-state index contributed by atoms with van der Waals surface area (Å²) in [5.41, 5.74) is 14.1. The van der Waals surface area contributed by atoms with Crippen LogP contribution in [0.1, 0.15) is 21.5 Å². The molecule has 0 atom stereocenters. The van der Waals surface area contributed by atoms with E-state index in [9.17, 15) is 4.79 Å². The van der Waals surface area contributed by atoms with Crippen LogP contribution >= 0.6 is 15.9 Å². The number of amides is 1. The van der Waals surface area contributed by atoms with Gasteiger partial charge in [-0.05, 0) is 42.3 Å². The molecule has 0 aliphatic rings. The van der Waals surface area contributed by atoms with Crippen molar-refractivity contribution in [1.29, 1.82) is 0 Å². The fourth-order valence-corrected chi connectivity index (χ4v) is 2.33. The van der Waals surface area contributed by atoms with E-state index < -0.39 is 5.91 Å². The van der Waals surface area contributed by atoms with Gasteiger partial charge in [0.25, 0.3) is 0 Å². The maximum Gasteiger partial charge on any atom is 0.248 e. The van der Waals surface area contributed by atoms with Gasteiger partial charge in [0.2, 0.25) is 5.91 Å². The third kappa shape index (κ3) is 3.51. The van der Waals surface area contributed by atoms with Crippen LogP contribution in [0, 0.1) is 6.92 Å². The molecule has 0 heterocycles. The summed E-state index contributed by atoms with van der Waals surface area (Å²) >= 11 is 3.37. The van der Waals surface area contributed by atoms with Crippen molar-refractivity contribution in [3.8, 4) is 5.75 Å². The predicted octanol–water partition coefficient (Wildman–Crippen LogP) is 3.02. The number of rotatable bonds is 4. The molecular formula is C15H15BrN2O2. The molecule has 0 saturated heterocycles. The van der Waals surface area contributed by atoms with E-state index in [2.05, 4.69) is 15.9 Å². The minimum Gasteiger partial charge on any atom is -0.489 e. The first-order valence-electron chi connectivity index (χ1n) is 6.04. The second-order valence-electron chi connectivity index (χ2n) is 4.51. The van der Waals surface area contributed by atoms with E-state index in [1.165, 1.54) is 0 Å². The zero-order chi connectivity index (χ0) is 14.7. The van der Waals surface area contributed by atoms with Crippen LogP contribution < -0.4 is 16.2 Å². The number of anilines is 1. The quantitative estimate of drug-likeness (QED) is 0.843. The van der Waals surface area contributed by atoms with Crippen LogP contribution in [0.2, 0.25) is 0 Å². The van der Waals surface area contributed by atoms with E-state index in [0.717, 1.165) is 15.6 Å². The highest BCUT2D eigenvalue weighted by Crippen LogP contribution is 2.24. The van der Waals surface area contributed by atoms with E-state index in [0.29, 0.717) is 23.6 Å². The van der Waals surface area contributed by atoms with E-state index in [1.54, 1.807) is 24.3 Å². The first-order chi connectivity index (χ1) is 9.45. The fraction of sp³-hybridized carbons (Fsp3) is 0.133. The Hall–Kier alpha value is -2.01. The minimum atomic E-state index is -0.430. The van der Waals surface area contributed by atoms with Crippen molar-refractivity contribution in [3.05, 3.63) is 57.6 Å². The molecule has 0 spiro atoms. The lowest BCUT2D eigenvalue weighted by Crippen LogP contribution is -2.11. The van der Waals surface area contributed by atoms with Crippen molar-refractivity contribution < 1.29 is 9.53 Å². The molecule has 20 heavy (non-hydrogen) atoms. The third-order valence-corrected chi connectivity index (χ3v) is 3.37. The van der Waals surface area contributed by atoms with Crippen molar-refractivity contribution in [2.75, 3.05) is 5.73 Å². The summed E-state index contributed by atoms with van der Waals surface area (Å²) in [7, 11) is 0. The Morgan fingerprint density at radius 2 is 2.00 bits per heavy atom. The predicted molar refractivity (Wildman–Crippen MR) is 82.6 cm³/mol. The number of halogens is 1. The van der Waals surface area contributed by atoms with Crippen LogP contribution in [0.15, 0.2) is 40.9 Å². The van der Waals surface area contributed by atoms with Crippen molar-refractivity contribution in [3.63, 3.8) is 0 Å². The fourth-order valence-electron chi connectivity index (χ4n) is 1.84. The van der Waals surface area contributed by atoms with Crippen LogP contribution in [0.4, 0.5) is 5.69 Å². The average Bonchev–Trinajstić information content (AvgIpc) is 2.36. The molecule has 1 amide bonds. The Kier molecular flexibility index (Phi) is 4.29. The summed E-state index contributed by atoms with van der Waals surface area (Å²) in [6.07, 6.45) is 0. The average molecular weight is 335 g/mol. The van der Waals surface area contributed by atoms with Gasteiger partial charge in [0.05, 0.1) is 0 Å². The molecule has 0 unspecified atom stereocenters. The number of ether oxygens (including phenoxy) is 1. The van der Waals surface area contributed by atoms with Gasteiger partial charge < -0.3 is 16.2 Å². The first-order valence-corrected chi connectivity index (χ1v) is 6.83. The normalized spacial score (nSPS) is 10.3. The van der Waals surface area contributed by atoms with E-state index in [-0.39, 0.29) is 0 Å². The number of nitrogen functional groups attached to an aromatic ring is 1. The molecule has 0 bridgehead atoms. The zero-order valence-corrected chi connectivity index (χ0v) is 12.6. The van der Waals surface area contributed by atoms with Crippen molar-refractivity contribution >= 4 is 27.5 Å². The summed E-state index contributed by atoms with van der Waals surface area (Å²) in [5.74, 6) is 0.260. The first kappa shape index (κ1) is 14.4. The highest BCUT2D eigenvalue weighted by Gasteiger charge is 2.05. The number of hydrogen-bond donors (Lipinski definition) is 2. The molecule has 0 aliphatic heterocycles. The Morgan fingerprint density at radius 1 is 1.25 bits per heavy atom. The second kappa shape index (κ2) is 5.96. The largest absolute Gasteiger partial charge is 0.489 e. The Morgan fingerprint density at radius 3 is 2.60 bits per heavy atom. The van der Waals surface area contributed by atoms with Gasteiger partial charge in [0.15, 0.2) is 0 Å². The van der Waals surface area contributed by atoms with Gasteiger partial charge in [0.1, 0.15) is 12.4 Å². The summed E-state index contributed by atoms with van der Waals surface area (Å²) in [4.78, 5) is 11.1. The molecule has 0 radical (unpaired) electrons. The van der Waals surface area contributed by atoms with E-state index >= 15 is 0 Å². The minimum absolute atomic E-state index is 0.404. The topological polar surface area (TPSA) is 78.3 Å². The number of benzene rings is 2. The van der Waals surface area contributed by atoms with Gasteiger partial charge in [-0.15, -0.1) is 0 Å². The number of carbonyl (C=O) groups is 1. The van der Waals surface area contributed by atoms with Gasteiger partial charge in [-0.1, -0.05) is 22.0 Å². The lowest BCUT2D eigenvalue weighted by atomic mass is 10.1. The maximum absolute atomic E-state index is 11.1. The highest BCUT2D eigenvalue weighted by molar-refractivity contribution is 9.10. The molecule has 104 valence electrons. The van der Waals surface area contributed by atoms with Crippen molar-refractivity contribution in [1.82, 2.24) is 0 Å². The van der Waals surface area contributed by atoms with E-state index in [4.69, 9.17) is 16.2 Å². The highest BCUT2D eigenvalue weighted by atomic mass is 79.9. The van der Waals surface area contributed by atoms with Crippen LogP contribution in [0.25, 0.3) is 0 Å². The van der Waals surface area contributed by atoms with Crippen LogP contribution in [-0.4, -0.2) is 5.91 Å². The summed E-state index contributed by atoms with van der Waals surface area (Å²) in [6, 6.07) is 10.7. The van der Waals surface area contributed by atoms with Crippen molar-refractivity contribution in [2.24, 2.45) is 5.73 Å². The summed E-state index contributed by atoms with van der Waals surface area (Å²) < 4.78 is 6.58. The number of hydrogen-bond acceptors (Lipinski definition) is 3. The molecule has 2 aromatic carbocycles. The smallest absolute Gasteiger partial charge is 0.248 e. The van der Waals surface area contributed by atoms with E-state index in [1.807, 2.05) is 19.1 Å². The van der Waals surface area contributed by atoms with Gasteiger partial charge in [-0.25, -0.2) is 0 Å².